The van der Waals surface area contributed by atoms with Gasteiger partial charge in [-0.1, -0.05) is 30.3 Å². The fourth-order valence-electron chi connectivity index (χ4n) is 3.07. The average molecular weight is 364 g/mol. The first kappa shape index (κ1) is 18.9. The molecule has 1 atom stereocenters. The number of amides is 1. The minimum absolute atomic E-state index is 0.0206. The van der Waals surface area contributed by atoms with Crippen molar-refractivity contribution < 1.29 is 9.21 Å². The van der Waals surface area contributed by atoms with E-state index >= 15 is 0 Å². The molecule has 1 heterocycles. The lowest BCUT2D eigenvalue weighted by atomic mass is 10.1. The van der Waals surface area contributed by atoms with Gasteiger partial charge in [-0.3, -0.25) is 9.59 Å². The van der Waals surface area contributed by atoms with Crippen LogP contribution in [0, 0.1) is 13.8 Å². The van der Waals surface area contributed by atoms with Crippen LogP contribution in [0.2, 0.25) is 0 Å². The van der Waals surface area contributed by atoms with E-state index in [1.807, 2.05) is 63.2 Å². The van der Waals surface area contributed by atoms with Crippen molar-refractivity contribution in [3.8, 4) is 0 Å². The van der Waals surface area contributed by atoms with E-state index in [-0.39, 0.29) is 17.2 Å². The summed E-state index contributed by atoms with van der Waals surface area (Å²) in [5.74, 6) is -0.365. The normalized spacial score (nSPS) is 12.3. The maximum Gasteiger partial charge on any atom is 0.287 e. The Balaban J connectivity index is 1.83. The molecule has 0 spiro atoms. The predicted molar refractivity (Wildman–Crippen MR) is 107 cm³/mol. The molecule has 0 saturated carbocycles. The number of rotatable bonds is 5. The summed E-state index contributed by atoms with van der Waals surface area (Å²) in [4.78, 5) is 27.0. The summed E-state index contributed by atoms with van der Waals surface area (Å²) in [6.45, 7) is 4.30. The number of hydrogen-bond acceptors (Lipinski definition) is 4. The first-order chi connectivity index (χ1) is 12.9. The Labute approximate surface area is 158 Å². The van der Waals surface area contributed by atoms with Gasteiger partial charge in [0.2, 0.25) is 0 Å². The van der Waals surface area contributed by atoms with Crippen molar-refractivity contribution in [2.45, 2.75) is 19.9 Å². The molecule has 1 unspecified atom stereocenters. The Hall–Kier alpha value is -2.92. The SMILES string of the molecule is Cc1cc2oc(C(=O)NCC(c3ccccc3)N(C)C)cc(=O)c2cc1C. The van der Waals surface area contributed by atoms with Gasteiger partial charge in [0.1, 0.15) is 5.58 Å². The maximum atomic E-state index is 12.6. The maximum absolute atomic E-state index is 12.6. The van der Waals surface area contributed by atoms with Crippen LogP contribution >= 0.6 is 0 Å². The third-order valence-electron chi connectivity index (χ3n) is 4.83. The van der Waals surface area contributed by atoms with Gasteiger partial charge in [-0.25, -0.2) is 0 Å². The van der Waals surface area contributed by atoms with E-state index < -0.39 is 5.91 Å². The highest BCUT2D eigenvalue weighted by Crippen LogP contribution is 2.19. The second-order valence-corrected chi connectivity index (χ2v) is 7.01. The molecule has 27 heavy (non-hydrogen) atoms. The molecule has 5 nitrogen and oxygen atoms in total. The number of likely N-dealkylation sites (N-methyl/N-ethyl adjacent to an activating group) is 1. The summed E-state index contributed by atoms with van der Waals surface area (Å²) in [6, 6.07) is 14.8. The standard InChI is InChI=1S/C22H24N2O3/c1-14-10-17-19(25)12-21(27-20(17)11-15(14)2)22(26)23-13-18(24(3)4)16-8-6-5-7-9-16/h5-12,18H,13H2,1-4H3,(H,23,26). The van der Waals surface area contributed by atoms with Crippen LogP contribution in [0.25, 0.3) is 11.0 Å². The van der Waals surface area contributed by atoms with E-state index in [2.05, 4.69) is 5.32 Å². The van der Waals surface area contributed by atoms with Crippen LogP contribution in [0.15, 0.2) is 57.7 Å². The minimum atomic E-state index is -0.394. The smallest absolute Gasteiger partial charge is 0.287 e. The van der Waals surface area contributed by atoms with Crippen LogP contribution in [0.1, 0.15) is 33.3 Å². The minimum Gasteiger partial charge on any atom is -0.451 e. The van der Waals surface area contributed by atoms with Crippen LogP contribution in [0.4, 0.5) is 0 Å². The molecule has 0 saturated heterocycles. The summed E-state index contributed by atoms with van der Waals surface area (Å²) >= 11 is 0. The molecule has 1 N–H and O–H groups in total. The summed E-state index contributed by atoms with van der Waals surface area (Å²) in [6.07, 6.45) is 0. The molecule has 0 aliphatic rings. The van der Waals surface area contributed by atoms with Gasteiger partial charge < -0.3 is 14.6 Å². The molecule has 2 aromatic carbocycles. The van der Waals surface area contributed by atoms with Gasteiger partial charge in [0.15, 0.2) is 11.2 Å². The molecule has 0 bridgehead atoms. The first-order valence-corrected chi connectivity index (χ1v) is 8.91. The third-order valence-corrected chi connectivity index (χ3v) is 4.83. The lowest BCUT2D eigenvalue weighted by Crippen LogP contribution is -2.34. The lowest BCUT2D eigenvalue weighted by Gasteiger charge is -2.25. The fraction of sp³-hybridized carbons (Fsp3) is 0.273. The second kappa shape index (κ2) is 7.76. The number of carbonyl (C=O) groups is 1. The van der Waals surface area contributed by atoms with Crippen molar-refractivity contribution >= 4 is 16.9 Å². The summed E-state index contributed by atoms with van der Waals surface area (Å²) in [7, 11) is 3.93. The van der Waals surface area contributed by atoms with Gasteiger partial charge in [0, 0.05) is 12.6 Å². The van der Waals surface area contributed by atoms with Crippen LogP contribution in [-0.4, -0.2) is 31.4 Å². The van der Waals surface area contributed by atoms with Gasteiger partial charge in [0.05, 0.1) is 11.4 Å². The van der Waals surface area contributed by atoms with E-state index in [1.54, 1.807) is 12.1 Å². The van der Waals surface area contributed by atoms with E-state index in [9.17, 15) is 9.59 Å². The summed E-state index contributed by atoms with van der Waals surface area (Å²) in [5, 5.41) is 3.37. The number of aryl methyl sites for hydroxylation is 2. The highest BCUT2D eigenvalue weighted by Gasteiger charge is 2.18. The number of benzene rings is 2. The zero-order valence-corrected chi connectivity index (χ0v) is 16.1. The average Bonchev–Trinajstić information content (AvgIpc) is 2.64. The molecule has 0 radical (unpaired) electrons. The highest BCUT2D eigenvalue weighted by molar-refractivity contribution is 5.93. The van der Waals surface area contributed by atoms with Crippen molar-refractivity contribution in [2.24, 2.45) is 0 Å². The number of nitrogens with zero attached hydrogens (tertiary/aromatic N) is 1. The molecule has 5 heteroatoms. The zero-order chi connectivity index (χ0) is 19.6. The van der Waals surface area contributed by atoms with Crippen LogP contribution < -0.4 is 10.7 Å². The van der Waals surface area contributed by atoms with Gasteiger partial charge in [-0.2, -0.15) is 0 Å². The molecule has 0 aliphatic heterocycles. The molecule has 140 valence electrons. The molecule has 3 aromatic rings. The van der Waals surface area contributed by atoms with Gasteiger partial charge in [-0.05, 0) is 56.8 Å². The Bertz CT molecular complexity index is 1020. The molecule has 3 rings (SSSR count). The van der Waals surface area contributed by atoms with E-state index in [0.717, 1.165) is 16.7 Å². The monoisotopic (exact) mass is 364 g/mol. The lowest BCUT2D eigenvalue weighted by molar-refractivity contribution is 0.0914. The number of nitrogens with one attached hydrogen (secondary N) is 1. The largest absolute Gasteiger partial charge is 0.451 e. The topological polar surface area (TPSA) is 62.6 Å². The Morgan fingerprint density at radius 3 is 2.41 bits per heavy atom. The Morgan fingerprint density at radius 2 is 1.74 bits per heavy atom. The summed E-state index contributed by atoms with van der Waals surface area (Å²) < 4.78 is 5.71. The predicted octanol–water partition coefficient (Wildman–Crippen LogP) is 3.44. The van der Waals surface area contributed by atoms with Crippen molar-refractivity contribution in [2.75, 3.05) is 20.6 Å². The van der Waals surface area contributed by atoms with E-state index in [0.29, 0.717) is 17.5 Å². The molecule has 0 fully saturated rings. The van der Waals surface area contributed by atoms with Crippen LogP contribution in [-0.2, 0) is 0 Å². The second-order valence-electron chi connectivity index (χ2n) is 7.01. The molecule has 1 aromatic heterocycles. The van der Waals surface area contributed by atoms with Crippen molar-refractivity contribution in [3.05, 3.63) is 81.2 Å². The van der Waals surface area contributed by atoms with E-state index in [4.69, 9.17) is 4.42 Å². The van der Waals surface area contributed by atoms with E-state index in [1.165, 1.54) is 6.07 Å². The van der Waals surface area contributed by atoms with Crippen molar-refractivity contribution in [1.29, 1.82) is 0 Å². The highest BCUT2D eigenvalue weighted by atomic mass is 16.3. The number of hydrogen-bond donors (Lipinski definition) is 1. The quantitative estimate of drug-likeness (QED) is 0.753. The van der Waals surface area contributed by atoms with Crippen molar-refractivity contribution in [1.82, 2.24) is 10.2 Å². The molecule has 0 aliphatic carbocycles. The van der Waals surface area contributed by atoms with Gasteiger partial charge in [-0.15, -0.1) is 0 Å². The zero-order valence-electron chi connectivity index (χ0n) is 16.1. The third kappa shape index (κ3) is 4.09. The van der Waals surface area contributed by atoms with Crippen LogP contribution in [0.5, 0.6) is 0 Å². The number of carbonyl (C=O) groups excluding carboxylic acids is 1. The Kier molecular flexibility index (Phi) is 5.42. The summed E-state index contributed by atoms with van der Waals surface area (Å²) in [5.41, 5.74) is 3.36. The fourth-order valence-corrected chi connectivity index (χ4v) is 3.07. The number of fused-ring (bicyclic) bond motifs is 1. The van der Waals surface area contributed by atoms with Gasteiger partial charge >= 0.3 is 0 Å². The van der Waals surface area contributed by atoms with Gasteiger partial charge in [0.25, 0.3) is 5.91 Å². The molecular formula is C22H24N2O3. The first-order valence-electron chi connectivity index (χ1n) is 8.91. The molecular weight excluding hydrogens is 340 g/mol. The Morgan fingerprint density at radius 1 is 1.07 bits per heavy atom. The van der Waals surface area contributed by atoms with Crippen molar-refractivity contribution in [3.63, 3.8) is 0 Å². The van der Waals surface area contributed by atoms with Crippen LogP contribution in [0.3, 0.4) is 0 Å². The molecule has 1 amide bonds.